The van der Waals surface area contributed by atoms with Gasteiger partial charge in [-0.3, -0.25) is 4.79 Å². The van der Waals surface area contributed by atoms with E-state index in [0.717, 1.165) is 5.69 Å². The number of hydrogen-bond donors (Lipinski definition) is 1. The van der Waals surface area contributed by atoms with Crippen molar-refractivity contribution in [2.24, 2.45) is 5.73 Å². The first kappa shape index (κ1) is 14.2. The fourth-order valence-electron chi connectivity index (χ4n) is 2.67. The number of nitrogens with zero attached hydrogens (tertiary/aromatic N) is 2. The summed E-state index contributed by atoms with van der Waals surface area (Å²) in [5.41, 5.74) is 8.12. The number of halogens is 1. The molecular formula is C17H14FN3O. The fraction of sp³-hybridized carbons (Fsp3) is 0.176. The molecule has 1 aliphatic rings. The predicted molar refractivity (Wildman–Crippen MR) is 81.2 cm³/mol. The highest BCUT2D eigenvalue weighted by atomic mass is 19.1. The minimum Gasteiger partial charge on any atom is -0.339 e. The summed E-state index contributed by atoms with van der Waals surface area (Å²) in [7, 11) is 0. The highest BCUT2D eigenvalue weighted by Gasteiger charge is 2.28. The second-order valence-corrected chi connectivity index (χ2v) is 5.26. The Morgan fingerprint density at radius 1 is 1.27 bits per heavy atom. The zero-order valence-electron chi connectivity index (χ0n) is 11.8. The Balaban J connectivity index is 2.16. The Morgan fingerprint density at radius 3 is 2.82 bits per heavy atom. The Bertz CT molecular complexity index is 782. The highest BCUT2D eigenvalue weighted by Crippen LogP contribution is 2.33. The van der Waals surface area contributed by atoms with Gasteiger partial charge in [0.05, 0.1) is 17.7 Å². The van der Waals surface area contributed by atoms with Crippen LogP contribution in [0.4, 0.5) is 15.8 Å². The molecule has 2 aromatic rings. The molecule has 1 atom stereocenters. The summed E-state index contributed by atoms with van der Waals surface area (Å²) in [6.45, 7) is 0.254. The average molecular weight is 295 g/mol. The third-order valence-electron chi connectivity index (χ3n) is 3.82. The Hall–Kier alpha value is -2.71. The van der Waals surface area contributed by atoms with E-state index in [4.69, 9.17) is 11.0 Å². The van der Waals surface area contributed by atoms with Crippen molar-refractivity contribution in [2.45, 2.75) is 12.5 Å². The number of carbonyl (C=O) groups excluding carboxylic acids is 1. The van der Waals surface area contributed by atoms with Crippen LogP contribution in [-0.4, -0.2) is 18.4 Å². The van der Waals surface area contributed by atoms with Crippen LogP contribution in [0.15, 0.2) is 42.5 Å². The summed E-state index contributed by atoms with van der Waals surface area (Å²) in [5, 5.41) is 9.04. The van der Waals surface area contributed by atoms with Crippen molar-refractivity contribution in [3.63, 3.8) is 0 Å². The SMILES string of the molecule is N#Cc1cccc(N2C[C@H](N)C(=O)Cc3c(F)cccc32)c1. The number of rotatable bonds is 1. The third kappa shape index (κ3) is 2.45. The van der Waals surface area contributed by atoms with Crippen LogP contribution in [0.5, 0.6) is 0 Å². The lowest BCUT2D eigenvalue weighted by Gasteiger charge is -2.26. The summed E-state index contributed by atoms with van der Waals surface area (Å²) in [6.07, 6.45) is -0.0163. The van der Waals surface area contributed by atoms with Crippen LogP contribution in [0.3, 0.4) is 0 Å². The number of benzene rings is 2. The predicted octanol–water partition coefficient (Wildman–Crippen LogP) is 2.29. The highest BCUT2D eigenvalue weighted by molar-refractivity contribution is 5.90. The van der Waals surface area contributed by atoms with Crippen LogP contribution in [-0.2, 0) is 11.2 Å². The van der Waals surface area contributed by atoms with Crippen molar-refractivity contribution in [3.8, 4) is 6.07 Å². The smallest absolute Gasteiger partial charge is 0.155 e. The number of hydrogen-bond acceptors (Lipinski definition) is 4. The number of nitriles is 1. The molecule has 0 spiro atoms. The van der Waals surface area contributed by atoms with Gasteiger partial charge in [0, 0.05) is 29.9 Å². The van der Waals surface area contributed by atoms with Crippen molar-refractivity contribution >= 4 is 17.2 Å². The Morgan fingerprint density at radius 2 is 2.05 bits per heavy atom. The maximum atomic E-state index is 14.1. The number of anilines is 2. The quantitative estimate of drug-likeness (QED) is 0.876. The maximum Gasteiger partial charge on any atom is 0.155 e. The van der Waals surface area contributed by atoms with Crippen molar-refractivity contribution in [1.29, 1.82) is 5.26 Å². The van der Waals surface area contributed by atoms with E-state index in [9.17, 15) is 9.18 Å². The molecule has 0 saturated heterocycles. The number of ketones is 1. The molecule has 0 radical (unpaired) electrons. The molecular weight excluding hydrogens is 281 g/mol. The van der Waals surface area contributed by atoms with Crippen LogP contribution < -0.4 is 10.6 Å². The van der Waals surface area contributed by atoms with E-state index < -0.39 is 11.9 Å². The van der Waals surface area contributed by atoms with Crippen molar-refractivity contribution in [1.82, 2.24) is 0 Å². The molecule has 110 valence electrons. The topological polar surface area (TPSA) is 70.1 Å². The van der Waals surface area contributed by atoms with Gasteiger partial charge in [0.2, 0.25) is 0 Å². The van der Waals surface area contributed by atoms with Crippen LogP contribution in [0.25, 0.3) is 0 Å². The van der Waals surface area contributed by atoms with Gasteiger partial charge in [-0.2, -0.15) is 5.26 Å². The van der Waals surface area contributed by atoms with E-state index in [-0.39, 0.29) is 18.7 Å². The minimum atomic E-state index is -0.697. The van der Waals surface area contributed by atoms with E-state index in [0.29, 0.717) is 16.8 Å². The average Bonchev–Trinajstić information content (AvgIpc) is 2.66. The van der Waals surface area contributed by atoms with Gasteiger partial charge in [-0.1, -0.05) is 12.1 Å². The zero-order chi connectivity index (χ0) is 15.7. The van der Waals surface area contributed by atoms with Crippen LogP contribution in [0.2, 0.25) is 0 Å². The van der Waals surface area contributed by atoms with E-state index >= 15 is 0 Å². The molecule has 0 fully saturated rings. The van der Waals surface area contributed by atoms with Gasteiger partial charge >= 0.3 is 0 Å². The number of fused-ring (bicyclic) bond motifs is 1. The molecule has 3 rings (SSSR count). The summed E-state index contributed by atoms with van der Waals surface area (Å²) in [4.78, 5) is 13.9. The second-order valence-electron chi connectivity index (χ2n) is 5.26. The van der Waals surface area contributed by atoms with Crippen LogP contribution >= 0.6 is 0 Å². The molecule has 2 aromatic carbocycles. The Labute approximate surface area is 127 Å². The first-order valence-corrected chi connectivity index (χ1v) is 6.93. The largest absolute Gasteiger partial charge is 0.339 e. The molecule has 0 aliphatic carbocycles. The third-order valence-corrected chi connectivity index (χ3v) is 3.82. The molecule has 4 nitrogen and oxygen atoms in total. The normalized spacial score (nSPS) is 17.6. The van der Waals surface area contributed by atoms with Gasteiger partial charge in [-0.05, 0) is 30.3 Å². The molecule has 22 heavy (non-hydrogen) atoms. The van der Waals surface area contributed by atoms with Gasteiger partial charge in [-0.15, -0.1) is 0 Å². The summed E-state index contributed by atoms with van der Waals surface area (Å²) >= 11 is 0. The standard InChI is InChI=1S/C17H14FN3O/c18-14-5-2-6-16-13(14)8-17(22)15(20)10-21(16)12-4-1-3-11(7-12)9-19/h1-7,15H,8,10,20H2/t15-/m0/s1. The second kappa shape index (κ2) is 5.58. The molecule has 5 heteroatoms. The molecule has 0 aromatic heterocycles. The molecule has 0 bridgehead atoms. The van der Waals surface area contributed by atoms with Crippen molar-refractivity contribution < 1.29 is 9.18 Å². The molecule has 0 saturated carbocycles. The summed E-state index contributed by atoms with van der Waals surface area (Å²) < 4.78 is 14.1. The fourth-order valence-corrected chi connectivity index (χ4v) is 2.67. The lowest BCUT2D eigenvalue weighted by Crippen LogP contribution is -2.39. The molecule has 0 amide bonds. The van der Waals surface area contributed by atoms with Gasteiger partial charge in [0.25, 0.3) is 0 Å². The summed E-state index contributed by atoms with van der Waals surface area (Å²) in [5.74, 6) is -0.605. The van der Waals surface area contributed by atoms with Gasteiger partial charge in [-0.25, -0.2) is 4.39 Å². The van der Waals surface area contributed by atoms with E-state index in [1.807, 2.05) is 6.07 Å². The van der Waals surface area contributed by atoms with E-state index in [1.165, 1.54) is 6.07 Å². The van der Waals surface area contributed by atoms with Crippen LogP contribution in [0.1, 0.15) is 11.1 Å². The van der Waals surface area contributed by atoms with Crippen molar-refractivity contribution in [2.75, 3.05) is 11.4 Å². The first-order chi connectivity index (χ1) is 10.6. The zero-order valence-corrected chi connectivity index (χ0v) is 11.8. The summed E-state index contributed by atoms with van der Waals surface area (Å²) in [6, 6.07) is 13.1. The number of carbonyl (C=O) groups is 1. The maximum absolute atomic E-state index is 14.1. The van der Waals surface area contributed by atoms with Gasteiger partial charge in [0.15, 0.2) is 5.78 Å². The number of Topliss-reactive ketones (excluding diaryl/α,β-unsaturated/α-hetero) is 1. The molecule has 1 heterocycles. The van der Waals surface area contributed by atoms with Gasteiger partial charge < -0.3 is 10.6 Å². The van der Waals surface area contributed by atoms with E-state index in [2.05, 4.69) is 6.07 Å². The number of nitrogens with two attached hydrogens (primary N) is 1. The lowest BCUT2D eigenvalue weighted by molar-refractivity contribution is -0.119. The first-order valence-electron chi connectivity index (χ1n) is 6.93. The Kier molecular flexibility index (Phi) is 3.61. The molecule has 2 N–H and O–H groups in total. The van der Waals surface area contributed by atoms with Crippen molar-refractivity contribution in [3.05, 3.63) is 59.4 Å². The van der Waals surface area contributed by atoms with E-state index in [1.54, 1.807) is 35.2 Å². The molecule has 0 unspecified atom stereocenters. The monoisotopic (exact) mass is 295 g/mol. The lowest BCUT2D eigenvalue weighted by atomic mass is 10.0. The van der Waals surface area contributed by atoms with Crippen LogP contribution in [0, 0.1) is 17.1 Å². The molecule has 1 aliphatic heterocycles. The minimum absolute atomic E-state index is 0.0163. The van der Waals surface area contributed by atoms with Gasteiger partial charge in [0.1, 0.15) is 5.82 Å².